The lowest BCUT2D eigenvalue weighted by molar-refractivity contribution is -0.135. The summed E-state index contributed by atoms with van der Waals surface area (Å²) in [6.07, 6.45) is -0.502. The second-order valence-corrected chi connectivity index (χ2v) is 10.0. The number of aryl methyl sites for hydroxylation is 1. The molecule has 1 heterocycles. The first kappa shape index (κ1) is 23.2. The van der Waals surface area contributed by atoms with E-state index in [9.17, 15) is 18.3 Å². The van der Waals surface area contributed by atoms with Crippen LogP contribution in [0, 0.1) is 6.92 Å². The highest BCUT2D eigenvalue weighted by Crippen LogP contribution is 2.28. The van der Waals surface area contributed by atoms with Crippen LogP contribution in [0.15, 0.2) is 65.6 Å². The van der Waals surface area contributed by atoms with Crippen LogP contribution in [-0.4, -0.2) is 47.6 Å². The molecule has 3 N–H and O–H groups in total. The predicted octanol–water partition coefficient (Wildman–Crippen LogP) is 2.75. The SMILES string of the molecule is Cc1ccc(COc2ccc(S(=O)(=O)N3C[C@H](O)CC[C@@H]3C(=O)NO)cc2)c2ccccc12. The molecule has 1 saturated heterocycles. The van der Waals surface area contributed by atoms with Crippen molar-refractivity contribution in [3.05, 3.63) is 71.8 Å². The van der Waals surface area contributed by atoms with Crippen molar-refractivity contribution in [2.45, 2.75) is 43.4 Å². The molecular weight excluding hydrogens is 444 g/mol. The van der Waals surface area contributed by atoms with Gasteiger partial charge in [-0.05, 0) is 65.9 Å². The van der Waals surface area contributed by atoms with Gasteiger partial charge in [-0.25, -0.2) is 13.9 Å². The second kappa shape index (κ2) is 9.48. The number of hydrogen-bond acceptors (Lipinski definition) is 6. The molecule has 0 radical (unpaired) electrons. The lowest BCUT2D eigenvalue weighted by Gasteiger charge is -2.35. The van der Waals surface area contributed by atoms with Gasteiger partial charge in [0, 0.05) is 6.54 Å². The molecule has 0 bridgehead atoms. The summed E-state index contributed by atoms with van der Waals surface area (Å²) in [7, 11) is -4.07. The summed E-state index contributed by atoms with van der Waals surface area (Å²) >= 11 is 0. The van der Waals surface area contributed by atoms with Crippen LogP contribution in [-0.2, 0) is 21.4 Å². The van der Waals surface area contributed by atoms with Gasteiger partial charge in [0.2, 0.25) is 10.0 Å². The van der Waals surface area contributed by atoms with Crippen LogP contribution in [0.1, 0.15) is 24.0 Å². The number of aliphatic hydroxyl groups is 1. The summed E-state index contributed by atoms with van der Waals surface area (Å²) in [5.41, 5.74) is 3.72. The summed E-state index contributed by atoms with van der Waals surface area (Å²) < 4.78 is 33.1. The molecular formula is C24H26N2O6S. The smallest absolute Gasteiger partial charge is 0.261 e. The topological polar surface area (TPSA) is 116 Å². The molecule has 0 unspecified atom stereocenters. The molecule has 9 heteroatoms. The van der Waals surface area contributed by atoms with E-state index in [0.29, 0.717) is 12.4 Å². The van der Waals surface area contributed by atoms with Crippen molar-refractivity contribution in [1.82, 2.24) is 9.79 Å². The first-order valence-corrected chi connectivity index (χ1v) is 12.1. The third kappa shape index (κ3) is 4.72. The number of carbonyl (C=O) groups excluding carboxylic acids is 1. The van der Waals surface area contributed by atoms with Crippen molar-refractivity contribution in [3.63, 3.8) is 0 Å². The molecule has 4 rings (SSSR count). The van der Waals surface area contributed by atoms with Crippen LogP contribution < -0.4 is 10.2 Å². The number of nitrogens with zero attached hydrogens (tertiary/aromatic N) is 1. The normalized spacial score (nSPS) is 19.4. The summed E-state index contributed by atoms with van der Waals surface area (Å²) in [5, 5.41) is 21.2. The lowest BCUT2D eigenvalue weighted by atomic mass is 10.0. The Morgan fingerprint density at radius 2 is 1.76 bits per heavy atom. The molecule has 3 aromatic rings. The van der Waals surface area contributed by atoms with Crippen molar-refractivity contribution in [3.8, 4) is 5.75 Å². The average molecular weight is 471 g/mol. The minimum absolute atomic E-state index is 0.0273. The molecule has 174 valence electrons. The number of carbonyl (C=O) groups is 1. The van der Waals surface area contributed by atoms with Crippen molar-refractivity contribution in [2.24, 2.45) is 0 Å². The first-order valence-electron chi connectivity index (χ1n) is 10.6. The Balaban J connectivity index is 1.52. The van der Waals surface area contributed by atoms with Crippen molar-refractivity contribution >= 4 is 26.7 Å². The van der Waals surface area contributed by atoms with E-state index in [4.69, 9.17) is 9.94 Å². The van der Waals surface area contributed by atoms with Gasteiger partial charge in [0.05, 0.1) is 11.0 Å². The maximum atomic E-state index is 13.1. The Hall–Kier alpha value is -2.98. The number of nitrogens with one attached hydrogen (secondary N) is 1. The van der Waals surface area contributed by atoms with Gasteiger partial charge in [0.15, 0.2) is 0 Å². The maximum absolute atomic E-state index is 13.1. The number of benzene rings is 3. The Morgan fingerprint density at radius 3 is 2.45 bits per heavy atom. The molecule has 1 fully saturated rings. The molecule has 8 nitrogen and oxygen atoms in total. The van der Waals surface area contributed by atoms with Gasteiger partial charge >= 0.3 is 0 Å². The number of β-amino-alcohol motifs (C(OH)–C–C–N with tert-alkyl or cyclic N) is 1. The Bertz CT molecular complexity index is 1260. The number of rotatable bonds is 6. The number of hydroxylamine groups is 1. The number of amides is 1. The number of hydrogen-bond donors (Lipinski definition) is 3. The summed E-state index contributed by atoms with van der Waals surface area (Å²) in [6.45, 7) is 2.16. The van der Waals surface area contributed by atoms with E-state index in [1.807, 2.05) is 30.3 Å². The van der Waals surface area contributed by atoms with Crippen molar-refractivity contribution in [1.29, 1.82) is 0 Å². The van der Waals surface area contributed by atoms with Gasteiger partial charge in [-0.1, -0.05) is 36.4 Å². The van der Waals surface area contributed by atoms with E-state index in [1.54, 1.807) is 12.1 Å². The minimum Gasteiger partial charge on any atom is -0.489 e. The highest BCUT2D eigenvalue weighted by Gasteiger charge is 2.40. The van der Waals surface area contributed by atoms with E-state index >= 15 is 0 Å². The standard InChI is InChI=1S/C24H26N2O6S/c1-16-6-7-17(22-5-3-2-4-21(16)22)15-32-19-9-11-20(12-10-19)33(30,31)26-14-18(27)8-13-23(26)24(28)25-29/h2-7,9-12,18,23,27,29H,8,13-15H2,1H3,(H,25,28)/t18-,23-/m1/s1. The zero-order valence-electron chi connectivity index (χ0n) is 18.1. The largest absolute Gasteiger partial charge is 0.489 e. The molecule has 1 aliphatic heterocycles. The van der Waals surface area contributed by atoms with Crippen LogP contribution in [0.5, 0.6) is 5.75 Å². The second-order valence-electron chi connectivity index (χ2n) is 8.14. The van der Waals surface area contributed by atoms with Crippen LogP contribution in [0.2, 0.25) is 0 Å². The highest BCUT2D eigenvalue weighted by molar-refractivity contribution is 7.89. The van der Waals surface area contributed by atoms with Crippen molar-refractivity contribution < 1.29 is 28.3 Å². The Labute approximate surface area is 192 Å². The van der Waals surface area contributed by atoms with Gasteiger partial charge in [-0.3, -0.25) is 10.0 Å². The van der Waals surface area contributed by atoms with E-state index in [1.165, 1.54) is 23.2 Å². The molecule has 33 heavy (non-hydrogen) atoms. The van der Waals surface area contributed by atoms with Gasteiger partial charge in [0.25, 0.3) is 5.91 Å². The molecule has 1 aliphatic rings. The van der Waals surface area contributed by atoms with Crippen molar-refractivity contribution in [2.75, 3.05) is 6.54 Å². The molecule has 2 atom stereocenters. The fourth-order valence-corrected chi connectivity index (χ4v) is 5.82. The molecule has 1 amide bonds. The van der Waals surface area contributed by atoms with Crippen LogP contribution in [0.25, 0.3) is 10.8 Å². The monoisotopic (exact) mass is 470 g/mol. The number of aliphatic hydroxyl groups excluding tert-OH is 1. The average Bonchev–Trinajstić information content (AvgIpc) is 2.83. The lowest BCUT2D eigenvalue weighted by Crippen LogP contribution is -2.54. The number of sulfonamides is 1. The number of piperidine rings is 1. The van der Waals surface area contributed by atoms with E-state index < -0.39 is 28.1 Å². The highest BCUT2D eigenvalue weighted by atomic mass is 32.2. The first-order chi connectivity index (χ1) is 15.8. The molecule has 0 aromatic heterocycles. The maximum Gasteiger partial charge on any atom is 0.261 e. The van der Waals surface area contributed by atoms with Gasteiger partial charge in [-0.2, -0.15) is 4.31 Å². The quantitative estimate of drug-likeness (QED) is 0.377. The van der Waals surface area contributed by atoms with E-state index in [0.717, 1.165) is 20.6 Å². The van der Waals surface area contributed by atoms with Crippen LogP contribution in [0.4, 0.5) is 0 Å². The van der Waals surface area contributed by atoms with Gasteiger partial charge < -0.3 is 9.84 Å². The zero-order chi connectivity index (χ0) is 23.6. The fraction of sp³-hybridized carbons (Fsp3) is 0.292. The number of ether oxygens (including phenoxy) is 1. The summed E-state index contributed by atoms with van der Waals surface area (Å²) in [6, 6.07) is 17.0. The third-order valence-corrected chi connectivity index (χ3v) is 7.87. The minimum atomic E-state index is -4.07. The number of fused-ring (bicyclic) bond motifs is 1. The van der Waals surface area contributed by atoms with E-state index in [-0.39, 0.29) is 24.3 Å². The summed E-state index contributed by atoms with van der Waals surface area (Å²) in [5.74, 6) is -0.322. The predicted molar refractivity (Wildman–Crippen MR) is 122 cm³/mol. The van der Waals surface area contributed by atoms with E-state index in [2.05, 4.69) is 13.0 Å². The zero-order valence-corrected chi connectivity index (χ0v) is 19.0. The van der Waals surface area contributed by atoms with Gasteiger partial charge in [-0.15, -0.1) is 0 Å². The molecule has 0 aliphatic carbocycles. The Morgan fingerprint density at radius 1 is 1.06 bits per heavy atom. The molecule has 3 aromatic carbocycles. The molecule has 0 spiro atoms. The molecule has 0 saturated carbocycles. The third-order valence-electron chi connectivity index (χ3n) is 5.98. The summed E-state index contributed by atoms with van der Waals surface area (Å²) in [4.78, 5) is 12.0. The fourth-order valence-electron chi connectivity index (χ4n) is 4.16. The van der Waals surface area contributed by atoms with Crippen LogP contribution in [0.3, 0.4) is 0 Å². The van der Waals surface area contributed by atoms with Gasteiger partial charge in [0.1, 0.15) is 18.4 Å². The van der Waals surface area contributed by atoms with Crippen LogP contribution >= 0.6 is 0 Å². The Kier molecular flexibility index (Phi) is 6.66.